The van der Waals surface area contributed by atoms with E-state index in [4.69, 9.17) is 14.2 Å². The van der Waals surface area contributed by atoms with Gasteiger partial charge in [0.2, 0.25) is 5.91 Å². The molecule has 0 aromatic heterocycles. The highest BCUT2D eigenvalue weighted by molar-refractivity contribution is 5.89. The van der Waals surface area contributed by atoms with Crippen molar-refractivity contribution in [2.75, 3.05) is 6.61 Å². The highest BCUT2D eigenvalue weighted by Gasteiger charge is 2.52. The summed E-state index contributed by atoms with van der Waals surface area (Å²) in [6, 6.07) is 7.69. The van der Waals surface area contributed by atoms with Gasteiger partial charge in [-0.2, -0.15) is 0 Å². The van der Waals surface area contributed by atoms with Gasteiger partial charge in [0.15, 0.2) is 12.4 Å². The van der Waals surface area contributed by atoms with Gasteiger partial charge in [-0.15, -0.1) is 0 Å². The molecule has 3 rings (SSSR count). The average Bonchev–Trinajstić information content (AvgIpc) is 2.95. The Balaban J connectivity index is 1.79. The van der Waals surface area contributed by atoms with Crippen LogP contribution in [0.5, 0.6) is 0 Å². The molecular weight excluding hydrogens is 290 g/mol. The van der Waals surface area contributed by atoms with Gasteiger partial charge in [0.25, 0.3) is 0 Å². The third-order valence-corrected chi connectivity index (χ3v) is 3.73. The van der Waals surface area contributed by atoms with Crippen LogP contribution in [0, 0.1) is 0 Å². The maximum atomic E-state index is 12.2. The second-order valence-electron chi connectivity index (χ2n) is 5.33. The summed E-state index contributed by atoms with van der Waals surface area (Å²) < 4.78 is 16.3. The predicted octanol–water partition coefficient (Wildman–Crippen LogP) is -0.167. The van der Waals surface area contributed by atoms with Crippen molar-refractivity contribution < 1.29 is 28.9 Å². The van der Waals surface area contributed by atoms with Gasteiger partial charge >= 0.3 is 5.97 Å². The maximum absolute atomic E-state index is 12.2. The normalized spacial score (nSPS) is 33.3. The van der Waals surface area contributed by atoms with Gasteiger partial charge in [-0.25, -0.2) is 4.79 Å². The first kappa shape index (κ1) is 15.0. The summed E-state index contributed by atoms with van der Waals surface area (Å²) in [6.07, 6.45) is -3.24. The van der Waals surface area contributed by atoms with Crippen LogP contribution in [0.4, 0.5) is 0 Å². The van der Waals surface area contributed by atoms with E-state index in [9.17, 15) is 14.7 Å². The van der Waals surface area contributed by atoms with E-state index >= 15 is 0 Å². The number of aliphatic hydroxyl groups excluding tert-OH is 1. The fourth-order valence-corrected chi connectivity index (χ4v) is 2.68. The molecule has 0 radical (unpaired) electrons. The molecule has 0 aliphatic carbocycles. The lowest BCUT2D eigenvalue weighted by Crippen LogP contribution is -2.62. The van der Waals surface area contributed by atoms with Crippen molar-refractivity contribution in [1.82, 2.24) is 5.32 Å². The molecule has 2 N–H and O–H groups in total. The van der Waals surface area contributed by atoms with Crippen molar-refractivity contribution in [3.05, 3.63) is 35.9 Å². The van der Waals surface area contributed by atoms with E-state index in [2.05, 4.69) is 5.32 Å². The zero-order valence-electron chi connectivity index (χ0n) is 12.0. The number of benzene rings is 1. The van der Waals surface area contributed by atoms with E-state index in [1.807, 2.05) is 0 Å². The van der Waals surface area contributed by atoms with E-state index in [-0.39, 0.29) is 12.5 Å². The Morgan fingerprint density at radius 2 is 2.05 bits per heavy atom. The number of amides is 1. The molecule has 2 fully saturated rings. The molecular formula is C15H17NO6. The van der Waals surface area contributed by atoms with Crippen molar-refractivity contribution in [3.63, 3.8) is 0 Å². The first-order chi connectivity index (χ1) is 10.6. The summed E-state index contributed by atoms with van der Waals surface area (Å²) >= 11 is 0. The number of carbonyl (C=O) groups is 2. The fraction of sp³-hybridized carbons (Fsp3) is 0.467. The van der Waals surface area contributed by atoms with Crippen LogP contribution in [0.3, 0.4) is 0 Å². The average molecular weight is 307 g/mol. The molecule has 2 heterocycles. The van der Waals surface area contributed by atoms with Gasteiger partial charge in [0, 0.05) is 6.92 Å². The summed E-state index contributed by atoms with van der Waals surface area (Å²) in [7, 11) is 0. The van der Waals surface area contributed by atoms with Crippen molar-refractivity contribution in [2.24, 2.45) is 0 Å². The minimum absolute atomic E-state index is 0.196. The molecule has 0 spiro atoms. The number of carbonyl (C=O) groups excluding carboxylic acids is 2. The quantitative estimate of drug-likeness (QED) is 0.753. The monoisotopic (exact) mass is 307 g/mol. The van der Waals surface area contributed by atoms with Crippen LogP contribution < -0.4 is 5.32 Å². The lowest BCUT2D eigenvalue weighted by molar-refractivity contribution is -0.196. The largest absolute Gasteiger partial charge is 0.451 e. The number of hydrogen-bond donors (Lipinski definition) is 2. The molecule has 2 aliphatic rings. The first-order valence-electron chi connectivity index (χ1n) is 7.04. The zero-order valence-corrected chi connectivity index (χ0v) is 12.0. The first-order valence-corrected chi connectivity index (χ1v) is 7.04. The Labute approximate surface area is 127 Å². The van der Waals surface area contributed by atoms with E-state index in [1.54, 1.807) is 30.3 Å². The molecule has 0 unspecified atom stereocenters. The van der Waals surface area contributed by atoms with Crippen molar-refractivity contribution >= 4 is 11.9 Å². The molecule has 7 nitrogen and oxygen atoms in total. The van der Waals surface area contributed by atoms with Crippen LogP contribution in [0.1, 0.15) is 17.3 Å². The van der Waals surface area contributed by atoms with Crippen LogP contribution in [-0.4, -0.2) is 54.2 Å². The van der Waals surface area contributed by atoms with Gasteiger partial charge in [0.1, 0.15) is 12.2 Å². The van der Waals surface area contributed by atoms with Crippen LogP contribution in [-0.2, 0) is 19.0 Å². The predicted molar refractivity (Wildman–Crippen MR) is 73.9 cm³/mol. The highest BCUT2D eigenvalue weighted by Crippen LogP contribution is 2.30. The van der Waals surface area contributed by atoms with E-state index in [0.29, 0.717) is 5.56 Å². The number of nitrogens with one attached hydrogen (secondary N) is 1. The summed E-state index contributed by atoms with van der Waals surface area (Å²) in [5.74, 6) is -0.892. The Hall–Kier alpha value is -1.96. The Morgan fingerprint density at radius 3 is 2.73 bits per heavy atom. The Kier molecular flexibility index (Phi) is 4.10. The number of rotatable bonds is 3. The van der Waals surface area contributed by atoms with Crippen LogP contribution in [0.15, 0.2) is 30.3 Å². The van der Waals surface area contributed by atoms with E-state index < -0.39 is 36.6 Å². The molecule has 5 atom stereocenters. The van der Waals surface area contributed by atoms with Gasteiger partial charge in [0.05, 0.1) is 18.2 Å². The van der Waals surface area contributed by atoms with Crippen LogP contribution in [0.25, 0.3) is 0 Å². The SMILES string of the molecule is CC(=O)N[C@H]1[C@H](O)[C@H]2CO[C@H](O2)[C@@H]1OC(=O)c1ccccc1. The van der Waals surface area contributed by atoms with Crippen molar-refractivity contribution in [2.45, 2.75) is 37.6 Å². The summed E-state index contributed by atoms with van der Waals surface area (Å²) in [5, 5.41) is 12.9. The molecule has 1 aromatic rings. The third kappa shape index (κ3) is 2.83. The molecule has 0 saturated carbocycles. The van der Waals surface area contributed by atoms with Gasteiger partial charge in [-0.1, -0.05) is 18.2 Å². The number of esters is 1. The highest BCUT2D eigenvalue weighted by atomic mass is 16.8. The standard InChI is InChI=1S/C15H17NO6/c1-8(17)16-11-12(18)10-7-20-15(21-10)13(11)22-14(19)9-5-3-2-4-6-9/h2-6,10-13,15,18H,7H2,1H3,(H,16,17)/t10-,11+,12-,13-,15-/m1/s1. The second-order valence-corrected chi connectivity index (χ2v) is 5.33. The van der Waals surface area contributed by atoms with Gasteiger partial charge in [-0.05, 0) is 12.1 Å². The second kappa shape index (κ2) is 6.04. The van der Waals surface area contributed by atoms with Crippen LogP contribution in [0.2, 0.25) is 0 Å². The minimum atomic E-state index is -1.00. The number of hydrogen-bond acceptors (Lipinski definition) is 6. The van der Waals surface area contributed by atoms with Gasteiger partial charge < -0.3 is 24.6 Å². The number of ether oxygens (including phenoxy) is 3. The molecule has 2 aliphatic heterocycles. The summed E-state index contributed by atoms with van der Waals surface area (Å²) in [5.41, 5.74) is 0.374. The molecule has 1 amide bonds. The summed E-state index contributed by atoms with van der Waals surface area (Å²) in [4.78, 5) is 23.5. The fourth-order valence-electron chi connectivity index (χ4n) is 2.68. The number of aliphatic hydroxyl groups is 1. The zero-order chi connectivity index (χ0) is 15.7. The minimum Gasteiger partial charge on any atom is -0.451 e. The molecule has 22 heavy (non-hydrogen) atoms. The molecule has 118 valence electrons. The Bertz CT molecular complexity index is 562. The lowest BCUT2D eigenvalue weighted by atomic mass is 9.97. The topological polar surface area (TPSA) is 94.1 Å². The summed E-state index contributed by atoms with van der Waals surface area (Å²) in [6.45, 7) is 1.53. The molecule has 2 saturated heterocycles. The molecule has 1 aromatic carbocycles. The number of fused-ring (bicyclic) bond motifs is 2. The smallest absolute Gasteiger partial charge is 0.338 e. The lowest BCUT2D eigenvalue weighted by Gasteiger charge is -2.38. The van der Waals surface area contributed by atoms with E-state index in [0.717, 1.165) is 0 Å². The molecule has 7 heteroatoms. The van der Waals surface area contributed by atoms with Crippen molar-refractivity contribution in [1.29, 1.82) is 0 Å². The van der Waals surface area contributed by atoms with Crippen LogP contribution >= 0.6 is 0 Å². The van der Waals surface area contributed by atoms with E-state index in [1.165, 1.54) is 6.92 Å². The maximum Gasteiger partial charge on any atom is 0.338 e. The third-order valence-electron chi connectivity index (χ3n) is 3.73. The van der Waals surface area contributed by atoms with Gasteiger partial charge in [-0.3, -0.25) is 4.79 Å². The van der Waals surface area contributed by atoms with Crippen molar-refractivity contribution in [3.8, 4) is 0 Å². The Morgan fingerprint density at radius 1 is 1.32 bits per heavy atom. The molecule has 2 bridgehead atoms.